The highest BCUT2D eigenvalue weighted by molar-refractivity contribution is 6.06. The Balaban J connectivity index is 2.08. The third-order valence-corrected chi connectivity index (χ3v) is 4.11. The third-order valence-electron chi connectivity index (χ3n) is 4.11. The van der Waals surface area contributed by atoms with Crippen molar-refractivity contribution >= 4 is 17.4 Å². The van der Waals surface area contributed by atoms with Gasteiger partial charge in [-0.05, 0) is 37.3 Å². The lowest BCUT2D eigenvalue weighted by Crippen LogP contribution is -2.22. The highest BCUT2D eigenvalue weighted by Gasteiger charge is 2.18. The van der Waals surface area contributed by atoms with Gasteiger partial charge in [-0.3, -0.25) is 4.79 Å². The van der Waals surface area contributed by atoms with Crippen molar-refractivity contribution in [3.8, 4) is 0 Å². The molecule has 1 aromatic carbocycles. The highest BCUT2D eigenvalue weighted by Crippen LogP contribution is 2.27. The van der Waals surface area contributed by atoms with Crippen LogP contribution in [0.5, 0.6) is 0 Å². The number of hydrogen-bond acceptors (Lipinski definition) is 3. The summed E-state index contributed by atoms with van der Waals surface area (Å²) in [7, 11) is 0. The normalized spacial score (nSPS) is 16.7. The molecule has 1 saturated carbocycles. The maximum atomic E-state index is 12.2. The van der Waals surface area contributed by atoms with Crippen LogP contribution in [0.25, 0.3) is 0 Å². The summed E-state index contributed by atoms with van der Waals surface area (Å²) in [4.78, 5) is 12.2. The zero-order valence-electron chi connectivity index (χ0n) is 12.4. The standard InChI is InChI=1S/C16H23N3O2/c1-11-6-5-9-13(15(11)16(17)19-21)18-14(20)10-12-7-3-2-4-8-12/h5-6,9,12,21H,2-4,7-8,10H2,1H3,(H2,17,19)(H,18,20). The van der Waals surface area contributed by atoms with Crippen molar-refractivity contribution in [2.75, 3.05) is 5.32 Å². The molecule has 0 aromatic heterocycles. The number of benzene rings is 1. The van der Waals surface area contributed by atoms with Crippen molar-refractivity contribution in [1.82, 2.24) is 0 Å². The molecule has 0 spiro atoms. The van der Waals surface area contributed by atoms with Gasteiger partial charge in [0.15, 0.2) is 5.84 Å². The molecular formula is C16H23N3O2. The molecule has 1 fully saturated rings. The molecule has 0 saturated heterocycles. The van der Waals surface area contributed by atoms with Crippen LogP contribution in [0.2, 0.25) is 0 Å². The molecule has 1 aliphatic carbocycles. The summed E-state index contributed by atoms with van der Waals surface area (Å²) in [6.45, 7) is 1.87. The van der Waals surface area contributed by atoms with Gasteiger partial charge in [0, 0.05) is 12.0 Å². The average molecular weight is 289 g/mol. The summed E-state index contributed by atoms with van der Waals surface area (Å²) in [5.74, 6) is 0.497. The number of carbonyl (C=O) groups excluding carboxylic acids is 1. The van der Waals surface area contributed by atoms with Crippen LogP contribution < -0.4 is 11.1 Å². The maximum Gasteiger partial charge on any atom is 0.224 e. The average Bonchev–Trinajstić information content (AvgIpc) is 2.47. The van der Waals surface area contributed by atoms with Crippen LogP contribution in [-0.2, 0) is 4.79 Å². The number of hydrogen-bond donors (Lipinski definition) is 3. The van der Waals surface area contributed by atoms with E-state index in [4.69, 9.17) is 10.9 Å². The SMILES string of the molecule is Cc1cccc(NC(=O)CC2CCCCC2)c1/C(N)=N/O. The van der Waals surface area contributed by atoms with E-state index in [1.54, 1.807) is 6.07 Å². The number of rotatable bonds is 4. The molecule has 4 N–H and O–H groups in total. The van der Waals surface area contributed by atoms with E-state index in [1.165, 1.54) is 19.3 Å². The Labute approximate surface area is 125 Å². The smallest absolute Gasteiger partial charge is 0.224 e. The van der Waals surface area contributed by atoms with E-state index < -0.39 is 0 Å². The minimum absolute atomic E-state index is 0.000472. The predicted molar refractivity (Wildman–Crippen MR) is 83.5 cm³/mol. The third kappa shape index (κ3) is 3.97. The van der Waals surface area contributed by atoms with Gasteiger partial charge < -0.3 is 16.3 Å². The molecule has 5 nitrogen and oxygen atoms in total. The summed E-state index contributed by atoms with van der Waals surface area (Å²) in [5, 5.41) is 14.8. The van der Waals surface area contributed by atoms with Crippen LogP contribution >= 0.6 is 0 Å². The minimum Gasteiger partial charge on any atom is -0.409 e. The maximum absolute atomic E-state index is 12.2. The second-order valence-electron chi connectivity index (χ2n) is 5.74. The fraction of sp³-hybridized carbons (Fsp3) is 0.500. The molecule has 1 amide bonds. The monoisotopic (exact) mass is 289 g/mol. The second kappa shape index (κ2) is 7.11. The lowest BCUT2D eigenvalue weighted by molar-refractivity contribution is -0.117. The summed E-state index contributed by atoms with van der Waals surface area (Å²) in [6.07, 6.45) is 6.53. The van der Waals surface area contributed by atoms with Crippen molar-refractivity contribution in [3.63, 3.8) is 0 Å². The van der Waals surface area contributed by atoms with Crippen molar-refractivity contribution < 1.29 is 10.0 Å². The molecule has 1 aromatic rings. The van der Waals surface area contributed by atoms with Gasteiger partial charge in [-0.2, -0.15) is 0 Å². The fourth-order valence-electron chi connectivity index (χ4n) is 3.02. The number of amidine groups is 1. The van der Waals surface area contributed by atoms with Gasteiger partial charge in [0.05, 0.1) is 5.69 Å². The van der Waals surface area contributed by atoms with Crippen molar-refractivity contribution in [3.05, 3.63) is 29.3 Å². The molecule has 0 radical (unpaired) electrons. The number of oxime groups is 1. The van der Waals surface area contributed by atoms with Gasteiger partial charge in [0.2, 0.25) is 5.91 Å². The van der Waals surface area contributed by atoms with Crippen LogP contribution in [0, 0.1) is 12.8 Å². The van der Waals surface area contributed by atoms with Gasteiger partial charge in [0.1, 0.15) is 0 Å². The van der Waals surface area contributed by atoms with Crippen LogP contribution in [0.15, 0.2) is 23.4 Å². The van der Waals surface area contributed by atoms with Crippen LogP contribution in [0.3, 0.4) is 0 Å². The minimum atomic E-state index is -0.000472. The first-order valence-corrected chi connectivity index (χ1v) is 7.49. The Bertz CT molecular complexity index is 534. The second-order valence-corrected chi connectivity index (χ2v) is 5.74. The Morgan fingerprint density at radius 1 is 1.38 bits per heavy atom. The number of aryl methyl sites for hydroxylation is 1. The number of nitrogens with zero attached hydrogens (tertiary/aromatic N) is 1. The predicted octanol–water partition coefficient (Wildman–Crippen LogP) is 3.00. The van der Waals surface area contributed by atoms with E-state index in [2.05, 4.69) is 10.5 Å². The zero-order valence-corrected chi connectivity index (χ0v) is 12.4. The molecular weight excluding hydrogens is 266 g/mol. The van der Waals surface area contributed by atoms with Gasteiger partial charge in [0.25, 0.3) is 0 Å². The summed E-state index contributed by atoms with van der Waals surface area (Å²) >= 11 is 0. The van der Waals surface area contributed by atoms with Crippen molar-refractivity contribution in [1.29, 1.82) is 0 Å². The summed E-state index contributed by atoms with van der Waals surface area (Å²) in [6, 6.07) is 5.49. The van der Waals surface area contributed by atoms with Crippen LogP contribution in [-0.4, -0.2) is 17.0 Å². The molecule has 0 bridgehead atoms. The summed E-state index contributed by atoms with van der Waals surface area (Å²) in [5.41, 5.74) is 7.75. The Morgan fingerprint density at radius 3 is 2.76 bits per heavy atom. The van der Waals surface area contributed by atoms with Gasteiger partial charge in [-0.15, -0.1) is 0 Å². The number of amides is 1. The lowest BCUT2D eigenvalue weighted by atomic mass is 9.87. The lowest BCUT2D eigenvalue weighted by Gasteiger charge is -2.21. The van der Waals surface area contributed by atoms with E-state index >= 15 is 0 Å². The number of nitrogens with one attached hydrogen (secondary N) is 1. The van der Waals surface area contributed by atoms with Crippen molar-refractivity contribution in [2.24, 2.45) is 16.8 Å². The molecule has 1 aliphatic rings. The summed E-state index contributed by atoms with van der Waals surface area (Å²) < 4.78 is 0. The number of anilines is 1. The quantitative estimate of drug-likeness (QED) is 0.344. The molecule has 0 unspecified atom stereocenters. The number of carbonyl (C=O) groups is 1. The van der Waals surface area contributed by atoms with E-state index in [0.717, 1.165) is 18.4 Å². The molecule has 21 heavy (non-hydrogen) atoms. The highest BCUT2D eigenvalue weighted by atomic mass is 16.4. The van der Waals surface area contributed by atoms with E-state index in [0.29, 0.717) is 23.6 Å². The number of nitrogens with two attached hydrogens (primary N) is 1. The Morgan fingerprint density at radius 2 is 2.10 bits per heavy atom. The van der Waals surface area contributed by atoms with Crippen molar-refractivity contribution in [2.45, 2.75) is 45.4 Å². The van der Waals surface area contributed by atoms with Gasteiger partial charge in [-0.25, -0.2) is 0 Å². The first-order chi connectivity index (χ1) is 10.1. The first-order valence-electron chi connectivity index (χ1n) is 7.49. The molecule has 5 heteroatoms. The van der Waals surface area contributed by atoms with E-state index in [1.807, 2.05) is 19.1 Å². The first kappa shape index (κ1) is 15.4. The Hall–Kier alpha value is -2.04. The molecule has 114 valence electrons. The van der Waals surface area contributed by atoms with Crippen LogP contribution in [0.1, 0.15) is 49.7 Å². The van der Waals surface area contributed by atoms with Crippen LogP contribution in [0.4, 0.5) is 5.69 Å². The molecule has 0 atom stereocenters. The fourth-order valence-corrected chi connectivity index (χ4v) is 3.02. The van der Waals surface area contributed by atoms with E-state index in [9.17, 15) is 4.79 Å². The van der Waals surface area contributed by atoms with E-state index in [-0.39, 0.29) is 11.7 Å². The molecule has 0 heterocycles. The van der Waals surface area contributed by atoms with Gasteiger partial charge in [-0.1, -0.05) is 36.6 Å². The van der Waals surface area contributed by atoms with Gasteiger partial charge >= 0.3 is 0 Å². The molecule has 2 rings (SSSR count). The topological polar surface area (TPSA) is 87.7 Å². The molecule has 0 aliphatic heterocycles. The largest absolute Gasteiger partial charge is 0.409 e. The zero-order chi connectivity index (χ0) is 15.2. The Kier molecular flexibility index (Phi) is 5.20.